The van der Waals surface area contributed by atoms with E-state index in [1.807, 2.05) is 19.9 Å². The highest BCUT2D eigenvalue weighted by Gasteiger charge is 2.10. The van der Waals surface area contributed by atoms with E-state index in [0.29, 0.717) is 12.1 Å². The monoisotopic (exact) mass is 320 g/mol. The van der Waals surface area contributed by atoms with E-state index in [2.05, 4.69) is 20.8 Å². The van der Waals surface area contributed by atoms with Crippen molar-refractivity contribution in [2.75, 3.05) is 11.6 Å². The van der Waals surface area contributed by atoms with Crippen LogP contribution < -0.4 is 10.6 Å². The van der Waals surface area contributed by atoms with Crippen molar-refractivity contribution >= 4 is 22.5 Å². The number of aryl methyl sites for hydroxylation is 1. The third kappa shape index (κ3) is 4.70. The zero-order valence-corrected chi connectivity index (χ0v) is 13.7. The summed E-state index contributed by atoms with van der Waals surface area (Å²) in [6, 6.07) is 8.59. The second-order valence-electron chi connectivity index (χ2n) is 5.22. The van der Waals surface area contributed by atoms with Crippen molar-refractivity contribution in [3.8, 4) is 0 Å². The molecule has 0 spiro atoms. The van der Waals surface area contributed by atoms with Gasteiger partial charge in [-0.3, -0.25) is 9.31 Å². The standard InChI is InChI=1S/C15H20N4O2S/c1-10(8-13-9-11(2)18-19-13)16-15(20)17-12-4-6-14(7-5-12)22(3)21/h4-7,9-10H,8H2,1-3H3,(H,18,19)(H2,16,17,20)/t10-,22-/m1/s1. The molecule has 1 heterocycles. The molecule has 0 aliphatic heterocycles. The number of hydrogen-bond acceptors (Lipinski definition) is 3. The van der Waals surface area contributed by atoms with E-state index in [0.717, 1.165) is 16.3 Å². The first-order valence-corrected chi connectivity index (χ1v) is 8.51. The third-order valence-electron chi connectivity index (χ3n) is 3.10. The number of anilines is 1. The molecule has 1 aromatic carbocycles. The summed E-state index contributed by atoms with van der Waals surface area (Å²) < 4.78 is 11.3. The lowest BCUT2D eigenvalue weighted by Crippen LogP contribution is -2.37. The first kappa shape index (κ1) is 16.2. The predicted molar refractivity (Wildman–Crippen MR) is 87.4 cm³/mol. The van der Waals surface area contributed by atoms with Crippen LogP contribution in [0.15, 0.2) is 35.2 Å². The number of rotatable bonds is 5. The molecule has 0 fully saturated rings. The lowest BCUT2D eigenvalue weighted by atomic mass is 10.2. The summed E-state index contributed by atoms with van der Waals surface area (Å²) in [6.07, 6.45) is 2.28. The molecule has 2 aromatic rings. The van der Waals surface area contributed by atoms with Crippen LogP contribution in [0.25, 0.3) is 0 Å². The van der Waals surface area contributed by atoms with E-state index in [9.17, 15) is 9.00 Å². The Kier molecular flexibility index (Phi) is 5.32. The van der Waals surface area contributed by atoms with Crippen molar-refractivity contribution in [3.63, 3.8) is 0 Å². The van der Waals surface area contributed by atoms with E-state index in [1.165, 1.54) is 0 Å². The number of benzene rings is 1. The SMILES string of the molecule is Cc1cc(C[C@@H](C)NC(=O)Nc2ccc([S@@](C)=O)cc2)n[nH]1. The molecule has 0 saturated carbocycles. The van der Waals surface area contributed by atoms with Crippen LogP contribution in [0.5, 0.6) is 0 Å². The molecular weight excluding hydrogens is 300 g/mol. The topological polar surface area (TPSA) is 86.9 Å². The molecule has 0 unspecified atom stereocenters. The zero-order valence-electron chi connectivity index (χ0n) is 12.8. The van der Waals surface area contributed by atoms with Crippen LogP contribution in [-0.4, -0.2) is 32.7 Å². The van der Waals surface area contributed by atoms with Crippen LogP contribution in [0.2, 0.25) is 0 Å². The van der Waals surface area contributed by atoms with Crippen LogP contribution in [0.1, 0.15) is 18.3 Å². The zero-order chi connectivity index (χ0) is 16.1. The van der Waals surface area contributed by atoms with Gasteiger partial charge < -0.3 is 10.6 Å². The summed E-state index contributed by atoms with van der Waals surface area (Å²) in [7, 11) is -1.02. The largest absolute Gasteiger partial charge is 0.335 e. The van der Waals surface area contributed by atoms with Gasteiger partial charge in [0.25, 0.3) is 0 Å². The Bertz CT molecular complexity index is 666. The number of urea groups is 1. The number of H-pyrrole nitrogens is 1. The number of nitrogens with zero attached hydrogens (tertiary/aromatic N) is 1. The normalized spacial score (nSPS) is 13.4. The number of carbonyl (C=O) groups is 1. The fourth-order valence-electron chi connectivity index (χ4n) is 2.06. The summed E-state index contributed by atoms with van der Waals surface area (Å²) in [5.41, 5.74) is 2.58. The van der Waals surface area contributed by atoms with E-state index in [1.54, 1.807) is 30.5 Å². The molecule has 1 aromatic heterocycles. The smallest absolute Gasteiger partial charge is 0.319 e. The molecule has 3 N–H and O–H groups in total. The van der Waals surface area contributed by atoms with Crippen LogP contribution in [0.3, 0.4) is 0 Å². The molecule has 2 rings (SSSR count). The number of aromatic amines is 1. The molecule has 22 heavy (non-hydrogen) atoms. The third-order valence-corrected chi connectivity index (χ3v) is 4.03. The molecular formula is C15H20N4O2S. The predicted octanol–water partition coefficient (Wildman–Crippen LogP) is 2.21. The van der Waals surface area contributed by atoms with Gasteiger partial charge in [0.1, 0.15) is 0 Å². The lowest BCUT2D eigenvalue weighted by Gasteiger charge is -2.13. The number of amides is 2. The van der Waals surface area contributed by atoms with Crippen molar-refractivity contribution in [2.45, 2.75) is 31.2 Å². The summed E-state index contributed by atoms with van der Waals surface area (Å²) in [4.78, 5) is 12.7. The summed E-state index contributed by atoms with van der Waals surface area (Å²) in [5, 5.41) is 12.6. The average Bonchev–Trinajstić information content (AvgIpc) is 2.84. The first-order valence-electron chi connectivity index (χ1n) is 6.96. The second-order valence-corrected chi connectivity index (χ2v) is 6.60. The first-order chi connectivity index (χ1) is 10.4. The minimum absolute atomic E-state index is 0.0369. The van der Waals surface area contributed by atoms with E-state index in [-0.39, 0.29) is 12.1 Å². The Balaban J connectivity index is 1.85. The highest BCUT2D eigenvalue weighted by molar-refractivity contribution is 7.84. The Morgan fingerprint density at radius 2 is 2.05 bits per heavy atom. The summed E-state index contributed by atoms with van der Waals surface area (Å²) in [5.74, 6) is 0. The van der Waals surface area contributed by atoms with Gasteiger partial charge in [0.15, 0.2) is 0 Å². The maximum absolute atomic E-state index is 11.9. The highest BCUT2D eigenvalue weighted by atomic mass is 32.2. The molecule has 0 bridgehead atoms. The van der Waals surface area contributed by atoms with Gasteiger partial charge in [0.05, 0.1) is 5.69 Å². The molecule has 0 aliphatic carbocycles. The van der Waals surface area contributed by atoms with E-state index >= 15 is 0 Å². The van der Waals surface area contributed by atoms with Gasteiger partial charge in [-0.1, -0.05) is 0 Å². The second kappa shape index (κ2) is 7.22. The number of nitrogens with one attached hydrogen (secondary N) is 3. The summed E-state index contributed by atoms with van der Waals surface area (Å²) in [6.45, 7) is 3.86. The molecule has 2 atom stereocenters. The van der Waals surface area contributed by atoms with Crippen molar-refractivity contribution in [3.05, 3.63) is 41.7 Å². The van der Waals surface area contributed by atoms with Crippen molar-refractivity contribution in [2.24, 2.45) is 0 Å². The molecule has 0 saturated heterocycles. The average molecular weight is 320 g/mol. The van der Waals surface area contributed by atoms with Crippen molar-refractivity contribution in [1.29, 1.82) is 0 Å². The molecule has 7 heteroatoms. The van der Waals surface area contributed by atoms with Gasteiger partial charge in [-0.25, -0.2) is 4.79 Å². The molecule has 0 radical (unpaired) electrons. The lowest BCUT2D eigenvalue weighted by molar-refractivity contribution is 0.249. The van der Waals surface area contributed by atoms with Crippen LogP contribution >= 0.6 is 0 Å². The van der Waals surface area contributed by atoms with Gasteiger partial charge in [-0.15, -0.1) is 0 Å². The molecule has 6 nitrogen and oxygen atoms in total. The fourth-order valence-corrected chi connectivity index (χ4v) is 2.58. The summed E-state index contributed by atoms with van der Waals surface area (Å²) >= 11 is 0. The van der Waals surface area contributed by atoms with Crippen molar-refractivity contribution < 1.29 is 9.00 Å². The number of aromatic nitrogens is 2. The number of carbonyl (C=O) groups excluding carboxylic acids is 1. The molecule has 118 valence electrons. The van der Waals surface area contributed by atoms with Crippen molar-refractivity contribution in [1.82, 2.24) is 15.5 Å². The van der Waals surface area contributed by atoms with Gasteiger partial charge in [-0.2, -0.15) is 5.10 Å². The van der Waals surface area contributed by atoms with Crippen LogP contribution in [-0.2, 0) is 17.2 Å². The maximum Gasteiger partial charge on any atom is 0.319 e. The molecule has 0 aliphatic rings. The van der Waals surface area contributed by atoms with Gasteiger partial charge in [0, 0.05) is 45.8 Å². The van der Waals surface area contributed by atoms with Gasteiger partial charge in [0.2, 0.25) is 0 Å². The Labute approximate surface area is 132 Å². The quantitative estimate of drug-likeness (QED) is 0.789. The van der Waals surface area contributed by atoms with Gasteiger partial charge in [-0.05, 0) is 44.2 Å². The van der Waals surface area contributed by atoms with Crippen LogP contribution in [0.4, 0.5) is 10.5 Å². The molecule has 2 amide bonds. The Morgan fingerprint density at radius 3 is 2.59 bits per heavy atom. The van der Waals surface area contributed by atoms with E-state index < -0.39 is 10.8 Å². The fraction of sp³-hybridized carbons (Fsp3) is 0.333. The Hall–Kier alpha value is -2.15. The minimum Gasteiger partial charge on any atom is -0.335 e. The van der Waals surface area contributed by atoms with Gasteiger partial charge >= 0.3 is 6.03 Å². The highest BCUT2D eigenvalue weighted by Crippen LogP contribution is 2.11. The Morgan fingerprint density at radius 1 is 1.36 bits per heavy atom. The maximum atomic E-state index is 11.9. The minimum atomic E-state index is -1.02. The van der Waals surface area contributed by atoms with E-state index in [4.69, 9.17) is 0 Å². The van der Waals surface area contributed by atoms with Crippen LogP contribution in [0, 0.1) is 6.92 Å². The number of hydrogen-bond donors (Lipinski definition) is 3.